The number of hydrogen-bond acceptors (Lipinski definition) is 4. The summed E-state index contributed by atoms with van der Waals surface area (Å²) >= 11 is 1.30. The minimum Gasteiger partial charge on any atom is -0.462 e. The van der Waals surface area contributed by atoms with Gasteiger partial charge in [0.05, 0.1) is 16.4 Å². The third-order valence-electron chi connectivity index (χ3n) is 1.92. The van der Waals surface area contributed by atoms with Crippen LogP contribution in [-0.2, 0) is 4.74 Å². The van der Waals surface area contributed by atoms with Crippen LogP contribution in [0.15, 0.2) is 6.20 Å². The van der Waals surface area contributed by atoms with Gasteiger partial charge in [0, 0.05) is 0 Å². The molecule has 1 rings (SSSR count). The van der Waals surface area contributed by atoms with Crippen molar-refractivity contribution in [3.8, 4) is 5.75 Å². The fraction of sp³-hybridized carbons (Fsp3) is 0.400. The molecule has 0 amide bonds. The highest BCUT2D eigenvalue weighted by Gasteiger charge is 2.34. The number of nitrogens with zero attached hydrogens (tertiary/aromatic N) is 1. The van der Waals surface area contributed by atoms with Crippen LogP contribution in [0.4, 0.5) is 22.0 Å². The molecule has 0 radical (unpaired) electrons. The molecule has 0 aliphatic carbocycles. The number of carbonyl (C=O) groups is 1. The van der Waals surface area contributed by atoms with Gasteiger partial charge in [-0.25, -0.2) is 13.6 Å². The zero-order valence-electron chi connectivity index (χ0n) is 9.80. The van der Waals surface area contributed by atoms with Gasteiger partial charge in [0.2, 0.25) is 0 Å². The standard InChI is InChI=1S/C10H7F5INO3/c1-2-19-9(18)5-6(16)4(20-10(13,14)15)3-17-7(5)8(11)12/h3,8H,2H2,1H3. The van der Waals surface area contributed by atoms with Crippen molar-refractivity contribution in [2.75, 3.05) is 6.61 Å². The van der Waals surface area contributed by atoms with Crippen molar-refractivity contribution in [1.29, 1.82) is 0 Å². The molecular weight excluding hydrogens is 404 g/mol. The van der Waals surface area contributed by atoms with Gasteiger partial charge in [0.1, 0.15) is 11.3 Å². The minimum absolute atomic E-state index is 0.123. The number of aromatic nitrogens is 1. The number of hydrogen-bond donors (Lipinski definition) is 0. The number of pyridine rings is 1. The molecule has 0 aliphatic heterocycles. The Bertz CT molecular complexity index is 506. The summed E-state index contributed by atoms with van der Waals surface area (Å²) < 4.78 is 69.6. The summed E-state index contributed by atoms with van der Waals surface area (Å²) in [6.45, 7) is 1.30. The fourth-order valence-corrected chi connectivity index (χ4v) is 1.99. The largest absolute Gasteiger partial charge is 0.573 e. The molecule has 0 aliphatic rings. The van der Waals surface area contributed by atoms with Crippen molar-refractivity contribution in [1.82, 2.24) is 4.98 Å². The minimum atomic E-state index is -5.03. The molecule has 0 N–H and O–H groups in total. The lowest BCUT2D eigenvalue weighted by atomic mass is 10.2. The van der Waals surface area contributed by atoms with E-state index in [0.717, 1.165) is 0 Å². The zero-order chi connectivity index (χ0) is 15.5. The molecular formula is C10H7F5INO3. The first-order valence-corrected chi connectivity index (χ1v) is 6.14. The van der Waals surface area contributed by atoms with E-state index in [1.54, 1.807) is 0 Å². The third kappa shape index (κ3) is 4.15. The Hall–Kier alpha value is -1.20. The SMILES string of the molecule is CCOC(=O)c1c(C(F)F)ncc(OC(F)(F)F)c1I. The maximum atomic E-state index is 12.7. The van der Waals surface area contributed by atoms with Gasteiger partial charge in [-0.15, -0.1) is 13.2 Å². The molecule has 0 spiro atoms. The van der Waals surface area contributed by atoms with E-state index in [2.05, 4.69) is 14.5 Å². The summed E-state index contributed by atoms with van der Waals surface area (Å²) in [7, 11) is 0. The van der Waals surface area contributed by atoms with Crippen LogP contribution in [-0.4, -0.2) is 23.9 Å². The van der Waals surface area contributed by atoms with E-state index in [9.17, 15) is 26.7 Å². The van der Waals surface area contributed by atoms with Gasteiger partial charge in [-0.3, -0.25) is 4.98 Å². The van der Waals surface area contributed by atoms with E-state index in [4.69, 9.17) is 0 Å². The summed E-state index contributed by atoms with van der Waals surface area (Å²) in [5, 5.41) is 0. The summed E-state index contributed by atoms with van der Waals surface area (Å²) in [6.07, 6.45) is -7.68. The van der Waals surface area contributed by atoms with Crippen molar-refractivity contribution in [2.24, 2.45) is 0 Å². The Kier molecular flexibility index (Phi) is 5.48. The van der Waals surface area contributed by atoms with Crippen LogP contribution in [0.5, 0.6) is 5.75 Å². The lowest BCUT2D eigenvalue weighted by molar-refractivity contribution is -0.275. The van der Waals surface area contributed by atoms with E-state index >= 15 is 0 Å². The molecule has 0 atom stereocenters. The van der Waals surface area contributed by atoms with Crippen LogP contribution < -0.4 is 4.74 Å². The van der Waals surface area contributed by atoms with E-state index in [1.165, 1.54) is 29.5 Å². The average molecular weight is 411 g/mol. The first kappa shape index (κ1) is 16.9. The van der Waals surface area contributed by atoms with Crippen molar-refractivity contribution in [3.63, 3.8) is 0 Å². The zero-order valence-corrected chi connectivity index (χ0v) is 12.0. The van der Waals surface area contributed by atoms with Crippen LogP contribution in [0.3, 0.4) is 0 Å². The van der Waals surface area contributed by atoms with Crippen LogP contribution >= 0.6 is 22.6 Å². The van der Waals surface area contributed by atoms with Gasteiger partial charge in [0.15, 0.2) is 5.75 Å². The second-order valence-electron chi connectivity index (χ2n) is 3.27. The Morgan fingerprint density at radius 2 is 2.05 bits per heavy atom. The van der Waals surface area contributed by atoms with E-state index in [-0.39, 0.29) is 6.61 Å². The predicted octanol–water partition coefficient (Wildman–Crippen LogP) is 3.70. The van der Waals surface area contributed by atoms with Gasteiger partial charge in [-0.2, -0.15) is 0 Å². The molecule has 0 unspecified atom stereocenters. The molecule has 10 heteroatoms. The van der Waals surface area contributed by atoms with E-state index < -0.39 is 39.3 Å². The normalized spacial score (nSPS) is 11.6. The van der Waals surface area contributed by atoms with Gasteiger partial charge in [-0.1, -0.05) is 0 Å². The molecule has 0 fully saturated rings. The highest BCUT2D eigenvalue weighted by Crippen LogP contribution is 2.33. The summed E-state index contributed by atoms with van der Waals surface area (Å²) in [5.41, 5.74) is -1.69. The van der Waals surface area contributed by atoms with E-state index in [1.807, 2.05) is 0 Å². The highest BCUT2D eigenvalue weighted by atomic mass is 127. The van der Waals surface area contributed by atoms with Crippen LogP contribution in [0.2, 0.25) is 0 Å². The average Bonchev–Trinajstić information content (AvgIpc) is 2.29. The molecule has 1 aromatic rings. The Labute approximate surface area is 123 Å². The highest BCUT2D eigenvalue weighted by molar-refractivity contribution is 14.1. The number of esters is 1. The number of halogens is 6. The second-order valence-corrected chi connectivity index (χ2v) is 4.34. The molecule has 20 heavy (non-hydrogen) atoms. The molecule has 1 heterocycles. The predicted molar refractivity (Wildman–Crippen MR) is 64.6 cm³/mol. The number of carbonyl (C=O) groups excluding carboxylic acids is 1. The van der Waals surface area contributed by atoms with Gasteiger partial charge in [0.25, 0.3) is 6.43 Å². The van der Waals surface area contributed by atoms with Gasteiger partial charge >= 0.3 is 12.3 Å². The van der Waals surface area contributed by atoms with Crippen molar-refractivity contribution in [3.05, 3.63) is 21.0 Å². The molecule has 112 valence electrons. The maximum absolute atomic E-state index is 12.7. The van der Waals surface area contributed by atoms with Gasteiger partial charge in [-0.05, 0) is 29.5 Å². The quantitative estimate of drug-likeness (QED) is 0.431. The Morgan fingerprint density at radius 3 is 2.50 bits per heavy atom. The number of ether oxygens (including phenoxy) is 2. The van der Waals surface area contributed by atoms with E-state index in [0.29, 0.717) is 6.20 Å². The number of rotatable bonds is 4. The summed E-state index contributed by atoms with van der Waals surface area (Å²) in [6, 6.07) is 0. The van der Waals surface area contributed by atoms with Crippen LogP contribution in [0.1, 0.15) is 29.4 Å². The maximum Gasteiger partial charge on any atom is 0.573 e. The van der Waals surface area contributed by atoms with Crippen molar-refractivity contribution < 1.29 is 36.2 Å². The Morgan fingerprint density at radius 1 is 1.45 bits per heavy atom. The molecule has 1 aromatic heterocycles. The first-order valence-electron chi connectivity index (χ1n) is 5.06. The molecule has 0 aromatic carbocycles. The fourth-order valence-electron chi connectivity index (χ4n) is 1.24. The first-order chi connectivity index (χ1) is 9.17. The topological polar surface area (TPSA) is 48.4 Å². The molecule has 0 saturated heterocycles. The van der Waals surface area contributed by atoms with Crippen molar-refractivity contribution >= 4 is 28.6 Å². The van der Waals surface area contributed by atoms with Crippen LogP contribution in [0, 0.1) is 3.57 Å². The monoisotopic (exact) mass is 411 g/mol. The third-order valence-corrected chi connectivity index (χ3v) is 3.00. The molecule has 0 saturated carbocycles. The molecule has 0 bridgehead atoms. The smallest absolute Gasteiger partial charge is 0.462 e. The van der Waals surface area contributed by atoms with Crippen LogP contribution in [0.25, 0.3) is 0 Å². The van der Waals surface area contributed by atoms with Gasteiger partial charge < -0.3 is 9.47 Å². The summed E-state index contributed by atoms with van der Waals surface area (Å²) in [4.78, 5) is 14.7. The molecule has 4 nitrogen and oxygen atoms in total. The Balaban J connectivity index is 3.34. The lowest BCUT2D eigenvalue weighted by Gasteiger charge is -2.14. The van der Waals surface area contributed by atoms with Crippen molar-refractivity contribution in [2.45, 2.75) is 19.7 Å². The number of alkyl halides is 5. The second kappa shape index (κ2) is 6.50. The summed E-state index contributed by atoms with van der Waals surface area (Å²) in [5.74, 6) is -2.03. The lowest BCUT2D eigenvalue weighted by Crippen LogP contribution is -2.20.